The average Bonchev–Trinajstić information content (AvgIpc) is 3.26. The molecule has 1 aliphatic heterocycles. The van der Waals surface area contributed by atoms with Crippen molar-refractivity contribution in [2.75, 3.05) is 18.0 Å². The number of para-hydroxylation sites is 1. The van der Waals surface area contributed by atoms with E-state index in [1.54, 1.807) is 4.90 Å². The first-order valence-electron chi connectivity index (χ1n) is 8.56. The summed E-state index contributed by atoms with van der Waals surface area (Å²) in [6, 6.07) is 7.92. The molecule has 130 valence electrons. The molecule has 0 spiro atoms. The van der Waals surface area contributed by atoms with Crippen molar-refractivity contribution >= 4 is 29.9 Å². The van der Waals surface area contributed by atoms with Gasteiger partial charge in [-0.05, 0) is 49.1 Å². The minimum Gasteiger partial charge on any atom is -0.347 e. The predicted octanol–water partition coefficient (Wildman–Crippen LogP) is 1.49. The van der Waals surface area contributed by atoms with E-state index < -0.39 is 0 Å². The summed E-state index contributed by atoms with van der Waals surface area (Å²) >= 11 is 0. The zero-order valence-electron chi connectivity index (χ0n) is 13.6. The average molecular weight is 350 g/mol. The highest BCUT2D eigenvalue weighted by Crippen LogP contribution is 2.47. The van der Waals surface area contributed by atoms with Gasteiger partial charge in [0.05, 0.1) is 12.5 Å². The van der Waals surface area contributed by atoms with Crippen molar-refractivity contribution in [3.8, 4) is 0 Å². The number of carbonyl (C=O) groups excluding carboxylic acids is 2. The van der Waals surface area contributed by atoms with Crippen LogP contribution in [0.5, 0.6) is 0 Å². The van der Waals surface area contributed by atoms with Gasteiger partial charge in [-0.2, -0.15) is 0 Å². The van der Waals surface area contributed by atoms with Gasteiger partial charge in [-0.3, -0.25) is 9.59 Å². The van der Waals surface area contributed by atoms with Gasteiger partial charge in [0.2, 0.25) is 11.8 Å². The molecule has 0 aromatic heterocycles. The molecule has 2 fully saturated rings. The van der Waals surface area contributed by atoms with Crippen LogP contribution in [0.25, 0.3) is 0 Å². The molecule has 0 saturated heterocycles. The van der Waals surface area contributed by atoms with Crippen LogP contribution >= 0.6 is 12.4 Å². The molecule has 1 aromatic rings. The van der Waals surface area contributed by atoms with E-state index in [0.717, 1.165) is 31.4 Å². The van der Waals surface area contributed by atoms with Crippen LogP contribution in [-0.2, 0) is 16.0 Å². The maximum atomic E-state index is 12.4. The third kappa shape index (κ3) is 2.80. The molecule has 2 bridgehead atoms. The number of rotatable bonds is 3. The Morgan fingerprint density at radius 2 is 1.96 bits per heavy atom. The molecular weight excluding hydrogens is 326 g/mol. The molecule has 5 nitrogen and oxygen atoms in total. The topological polar surface area (TPSA) is 75.4 Å². The van der Waals surface area contributed by atoms with Crippen LogP contribution in [0.3, 0.4) is 0 Å². The Balaban J connectivity index is 0.00000169. The molecule has 4 rings (SSSR count). The molecular formula is C18H24ClN3O2. The summed E-state index contributed by atoms with van der Waals surface area (Å²) in [5, 5.41) is 2.84. The van der Waals surface area contributed by atoms with Gasteiger partial charge in [-0.15, -0.1) is 12.4 Å². The van der Waals surface area contributed by atoms with Crippen molar-refractivity contribution < 1.29 is 9.59 Å². The molecule has 3 N–H and O–H groups in total. The third-order valence-corrected chi connectivity index (χ3v) is 5.89. The first-order chi connectivity index (χ1) is 11.1. The lowest BCUT2D eigenvalue weighted by atomic mass is 9.84. The predicted molar refractivity (Wildman–Crippen MR) is 95.1 cm³/mol. The van der Waals surface area contributed by atoms with Crippen molar-refractivity contribution in [2.24, 2.45) is 23.5 Å². The fraction of sp³-hybridized carbons (Fsp3) is 0.556. The molecule has 2 saturated carbocycles. The smallest absolute Gasteiger partial charge is 0.246 e. The second kappa shape index (κ2) is 6.73. The zero-order valence-corrected chi connectivity index (χ0v) is 14.4. The summed E-state index contributed by atoms with van der Waals surface area (Å²) in [6.45, 7) is 0.759. The number of benzene rings is 1. The molecule has 4 unspecified atom stereocenters. The van der Waals surface area contributed by atoms with Crippen molar-refractivity contribution in [3.63, 3.8) is 0 Å². The van der Waals surface area contributed by atoms with Gasteiger partial charge < -0.3 is 16.0 Å². The lowest BCUT2D eigenvalue weighted by Crippen LogP contribution is -2.48. The number of hydrogen-bond donors (Lipinski definition) is 2. The van der Waals surface area contributed by atoms with Crippen LogP contribution in [0, 0.1) is 17.8 Å². The number of hydrogen-bond acceptors (Lipinski definition) is 3. The Morgan fingerprint density at radius 1 is 1.21 bits per heavy atom. The van der Waals surface area contributed by atoms with E-state index in [4.69, 9.17) is 5.73 Å². The van der Waals surface area contributed by atoms with Gasteiger partial charge in [0.25, 0.3) is 0 Å². The maximum absolute atomic E-state index is 12.4. The number of amides is 2. The Kier molecular flexibility index (Phi) is 4.83. The largest absolute Gasteiger partial charge is 0.347 e. The van der Waals surface area contributed by atoms with Crippen molar-refractivity contribution in [1.29, 1.82) is 0 Å². The van der Waals surface area contributed by atoms with E-state index in [-0.39, 0.29) is 42.7 Å². The van der Waals surface area contributed by atoms with Gasteiger partial charge in [-0.25, -0.2) is 0 Å². The number of anilines is 1. The first-order valence-corrected chi connectivity index (χ1v) is 8.56. The third-order valence-electron chi connectivity index (χ3n) is 5.89. The maximum Gasteiger partial charge on any atom is 0.246 e. The Labute approximate surface area is 148 Å². The summed E-state index contributed by atoms with van der Waals surface area (Å²) in [5.74, 6) is 0.729. The van der Waals surface area contributed by atoms with E-state index in [0.29, 0.717) is 18.4 Å². The fourth-order valence-corrected chi connectivity index (χ4v) is 4.70. The van der Waals surface area contributed by atoms with Gasteiger partial charge in [0.1, 0.15) is 0 Å². The summed E-state index contributed by atoms with van der Waals surface area (Å²) in [4.78, 5) is 26.7. The minimum absolute atomic E-state index is 0. The molecule has 1 aromatic carbocycles. The minimum atomic E-state index is -0.104. The highest BCUT2D eigenvalue weighted by atomic mass is 35.5. The van der Waals surface area contributed by atoms with Crippen LogP contribution in [-0.4, -0.2) is 30.9 Å². The molecule has 1 heterocycles. The van der Waals surface area contributed by atoms with Crippen molar-refractivity contribution in [2.45, 2.75) is 31.7 Å². The molecule has 24 heavy (non-hydrogen) atoms. The number of carbonyl (C=O) groups is 2. The summed E-state index contributed by atoms with van der Waals surface area (Å²) in [7, 11) is 0. The van der Waals surface area contributed by atoms with E-state index in [1.807, 2.05) is 18.2 Å². The van der Waals surface area contributed by atoms with Crippen molar-refractivity contribution in [3.05, 3.63) is 29.8 Å². The van der Waals surface area contributed by atoms with Crippen LogP contribution in [0.15, 0.2) is 24.3 Å². The Hall–Kier alpha value is -1.59. The zero-order chi connectivity index (χ0) is 16.0. The van der Waals surface area contributed by atoms with Gasteiger partial charge in [-0.1, -0.05) is 18.2 Å². The summed E-state index contributed by atoms with van der Waals surface area (Å²) < 4.78 is 0. The quantitative estimate of drug-likeness (QED) is 0.868. The molecule has 0 radical (unpaired) electrons. The Bertz CT molecular complexity index is 649. The van der Waals surface area contributed by atoms with Crippen LogP contribution in [0.2, 0.25) is 0 Å². The van der Waals surface area contributed by atoms with Crippen LogP contribution in [0.4, 0.5) is 5.69 Å². The highest BCUT2D eigenvalue weighted by molar-refractivity contribution is 5.98. The monoisotopic (exact) mass is 349 g/mol. The van der Waals surface area contributed by atoms with Gasteiger partial charge in [0.15, 0.2) is 0 Å². The first kappa shape index (κ1) is 17.2. The molecule has 6 heteroatoms. The molecule has 3 aliphatic rings. The van der Waals surface area contributed by atoms with E-state index >= 15 is 0 Å². The van der Waals surface area contributed by atoms with E-state index in [9.17, 15) is 9.59 Å². The van der Waals surface area contributed by atoms with Crippen molar-refractivity contribution in [1.82, 2.24) is 5.32 Å². The number of nitrogens with zero attached hydrogens (tertiary/aromatic N) is 1. The molecule has 2 aliphatic carbocycles. The molecule has 2 amide bonds. The number of nitrogens with two attached hydrogens (primary N) is 1. The van der Waals surface area contributed by atoms with Gasteiger partial charge >= 0.3 is 0 Å². The number of nitrogens with one attached hydrogen (secondary N) is 1. The van der Waals surface area contributed by atoms with E-state index in [1.165, 1.54) is 5.56 Å². The highest BCUT2D eigenvalue weighted by Gasteiger charge is 2.49. The number of halogens is 1. The van der Waals surface area contributed by atoms with E-state index in [2.05, 4.69) is 11.4 Å². The number of fused-ring (bicyclic) bond motifs is 3. The SMILES string of the molecule is Cl.NC1C2CCC(C2)C1C(=O)NCC(=O)N1CCc2ccccc21. The van der Waals surface area contributed by atoms with Crippen LogP contribution < -0.4 is 16.0 Å². The lowest BCUT2D eigenvalue weighted by Gasteiger charge is -2.27. The Morgan fingerprint density at radius 3 is 2.71 bits per heavy atom. The molecule has 4 atom stereocenters. The summed E-state index contributed by atoms with van der Waals surface area (Å²) in [6.07, 6.45) is 4.21. The normalized spacial score (nSPS) is 30.0. The van der Waals surface area contributed by atoms with Crippen LogP contribution in [0.1, 0.15) is 24.8 Å². The standard InChI is InChI=1S/C18H23N3O2.ClH/c19-17-13-6-5-12(9-13)16(17)18(23)20-10-15(22)21-8-7-11-3-1-2-4-14(11)21;/h1-4,12-13,16-17H,5-10,19H2,(H,20,23);1H. The second-order valence-corrected chi connectivity index (χ2v) is 7.08. The summed E-state index contributed by atoms with van der Waals surface area (Å²) in [5.41, 5.74) is 8.37. The lowest BCUT2D eigenvalue weighted by molar-refractivity contribution is -0.129. The fourth-order valence-electron chi connectivity index (χ4n) is 4.70. The second-order valence-electron chi connectivity index (χ2n) is 7.08. The van der Waals surface area contributed by atoms with Gasteiger partial charge in [0, 0.05) is 18.3 Å².